The molecule has 0 bridgehead atoms. The maximum atomic E-state index is 10.4. The average molecular weight is 193 g/mol. The molecule has 0 radical (unpaired) electrons. The van der Waals surface area contributed by atoms with Crippen molar-refractivity contribution in [3.05, 3.63) is 0 Å². The molecular formula is C7H15NO3S. The van der Waals surface area contributed by atoms with Crippen molar-refractivity contribution in [3.8, 4) is 0 Å². The predicted octanol–water partition coefficient (Wildman–Crippen LogP) is 0.359. The molecule has 0 aliphatic carbocycles. The topological polar surface area (TPSA) is 57.4 Å². The first kappa shape index (κ1) is 9.95. The van der Waals surface area contributed by atoms with Crippen LogP contribution in [0.25, 0.3) is 0 Å². The monoisotopic (exact) mass is 193 g/mol. The van der Waals surface area contributed by atoms with Crippen LogP contribution in [0.15, 0.2) is 0 Å². The molecule has 0 spiro atoms. The summed E-state index contributed by atoms with van der Waals surface area (Å²) in [7, 11) is -3.76. The standard InChI is InChI=1S/C7H15NO3S/c1-2-3-4-8-5-7(8)6-12(9,10)11/h7H,2-6H2,1H3,(H,9,10,11). The van der Waals surface area contributed by atoms with Gasteiger partial charge in [0.1, 0.15) is 0 Å². The first-order valence-electron chi connectivity index (χ1n) is 4.22. The van der Waals surface area contributed by atoms with E-state index in [0.717, 1.165) is 25.9 Å². The molecule has 1 aliphatic heterocycles. The van der Waals surface area contributed by atoms with E-state index in [0.29, 0.717) is 0 Å². The Morgan fingerprint density at radius 1 is 1.58 bits per heavy atom. The Kier molecular flexibility index (Phi) is 3.09. The molecular weight excluding hydrogens is 178 g/mol. The summed E-state index contributed by atoms with van der Waals surface area (Å²) >= 11 is 0. The smallest absolute Gasteiger partial charge is 0.266 e. The van der Waals surface area contributed by atoms with Gasteiger partial charge in [-0.05, 0) is 13.0 Å². The van der Waals surface area contributed by atoms with Crippen molar-refractivity contribution >= 4 is 10.1 Å². The number of hydrogen-bond acceptors (Lipinski definition) is 3. The molecule has 0 aromatic carbocycles. The van der Waals surface area contributed by atoms with Gasteiger partial charge in [0.15, 0.2) is 0 Å². The summed E-state index contributed by atoms with van der Waals surface area (Å²) in [5.41, 5.74) is 0. The summed E-state index contributed by atoms with van der Waals surface area (Å²) in [5.74, 6) is -0.100. The van der Waals surface area contributed by atoms with Crippen LogP contribution in [0.4, 0.5) is 0 Å². The molecule has 1 saturated heterocycles. The minimum absolute atomic E-state index is 0.0755. The quantitative estimate of drug-likeness (QED) is 0.506. The van der Waals surface area contributed by atoms with Crippen LogP contribution in [-0.2, 0) is 10.1 Å². The molecule has 1 rings (SSSR count). The van der Waals surface area contributed by atoms with Crippen molar-refractivity contribution in [2.75, 3.05) is 18.8 Å². The van der Waals surface area contributed by atoms with Gasteiger partial charge < -0.3 is 0 Å². The van der Waals surface area contributed by atoms with Crippen LogP contribution in [0.5, 0.6) is 0 Å². The largest absolute Gasteiger partial charge is 0.296 e. The molecule has 5 heteroatoms. The Morgan fingerprint density at radius 2 is 2.25 bits per heavy atom. The lowest BCUT2D eigenvalue weighted by Crippen LogP contribution is -2.14. The van der Waals surface area contributed by atoms with Gasteiger partial charge in [-0.3, -0.25) is 9.45 Å². The molecule has 1 aliphatic rings. The third-order valence-corrected chi connectivity index (χ3v) is 2.84. The van der Waals surface area contributed by atoms with Crippen LogP contribution in [0, 0.1) is 0 Å². The average Bonchev–Trinajstić information content (AvgIpc) is 2.60. The molecule has 0 saturated carbocycles. The fraction of sp³-hybridized carbons (Fsp3) is 1.00. The van der Waals surface area contributed by atoms with E-state index in [2.05, 4.69) is 11.8 Å². The molecule has 0 aromatic rings. The van der Waals surface area contributed by atoms with Gasteiger partial charge in [-0.15, -0.1) is 0 Å². The fourth-order valence-electron chi connectivity index (χ4n) is 1.26. The van der Waals surface area contributed by atoms with Crippen LogP contribution >= 0.6 is 0 Å². The molecule has 2 unspecified atom stereocenters. The van der Waals surface area contributed by atoms with E-state index >= 15 is 0 Å². The van der Waals surface area contributed by atoms with Gasteiger partial charge >= 0.3 is 0 Å². The van der Waals surface area contributed by atoms with E-state index in [1.165, 1.54) is 0 Å². The Balaban J connectivity index is 2.16. The molecule has 2 atom stereocenters. The molecule has 0 amide bonds. The number of hydrogen-bond donors (Lipinski definition) is 1. The van der Waals surface area contributed by atoms with Gasteiger partial charge in [0, 0.05) is 12.6 Å². The molecule has 1 fully saturated rings. The number of nitrogens with zero attached hydrogens (tertiary/aromatic N) is 1. The third-order valence-electron chi connectivity index (χ3n) is 2.03. The zero-order chi connectivity index (χ0) is 9.19. The zero-order valence-electron chi connectivity index (χ0n) is 7.23. The van der Waals surface area contributed by atoms with Gasteiger partial charge in [-0.2, -0.15) is 8.42 Å². The number of rotatable bonds is 5. The Morgan fingerprint density at radius 3 is 2.75 bits per heavy atom. The van der Waals surface area contributed by atoms with Crippen molar-refractivity contribution in [3.63, 3.8) is 0 Å². The second kappa shape index (κ2) is 3.72. The van der Waals surface area contributed by atoms with E-state index < -0.39 is 10.1 Å². The lowest BCUT2D eigenvalue weighted by molar-refractivity contribution is 0.464. The summed E-state index contributed by atoms with van der Waals surface area (Å²) in [4.78, 5) is 2.07. The fourth-order valence-corrected chi connectivity index (χ4v) is 2.06. The summed E-state index contributed by atoms with van der Waals surface area (Å²) < 4.78 is 29.4. The molecule has 1 N–H and O–H groups in total. The van der Waals surface area contributed by atoms with Crippen LogP contribution < -0.4 is 0 Å². The van der Waals surface area contributed by atoms with E-state index in [1.54, 1.807) is 0 Å². The maximum Gasteiger partial charge on any atom is 0.266 e. The number of unbranched alkanes of at least 4 members (excludes halogenated alkanes) is 1. The van der Waals surface area contributed by atoms with Crippen LogP contribution in [-0.4, -0.2) is 42.8 Å². The molecule has 1 heterocycles. The first-order chi connectivity index (χ1) is 5.53. The van der Waals surface area contributed by atoms with Gasteiger partial charge in [-0.1, -0.05) is 13.3 Å². The van der Waals surface area contributed by atoms with Crippen LogP contribution in [0.1, 0.15) is 19.8 Å². The molecule has 72 valence electrons. The van der Waals surface area contributed by atoms with E-state index in [1.807, 2.05) is 0 Å². The van der Waals surface area contributed by atoms with Gasteiger partial charge in [0.25, 0.3) is 10.1 Å². The lowest BCUT2D eigenvalue weighted by atomic mass is 10.3. The molecule has 4 nitrogen and oxygen atoms in total. The minimum Gasteiger partial charge on any atom is -0.296 e. The second-order valence-electron chi connectivity index (χ2n) is 3.25. The molecule has 0 aromatic heterocycles. The SMILES string of the molecule is CCCCN1CC1CS(=O)(=O)O. The van der Waals surface area contributed by atoms with Crippen molar-refractivity contribution in [2.24, 2.45) is 0 Å². The third kappa shape index (κ3) is 3.51. The normalized spacial score (nSPS) is 28.8. The van der Waals surface area contributed by atoms with Crippen LogP contribution in [0.3, 0.4) is 0 Å². The van der Waals surface area contributed by atoms with Crippen molar-refractivity contribution in [1.82, 2.24) is 4.90 Å². The summed E-state index contributed by atoms with van der Waals surface area (Å²) in [6.07, 6.45) is 2.22. The summed E-state index contributed by atoms with van der Waals surface area (Å²) in [6, 6.07) is 0.0755. The lowest BCUT2D eigenvalue weighted by Gasteiger charge is -1.99. The van der Waals surface area contributed by atoms with Gasteiger partial charge in [-0.25, -0.2) is 0 Å². The maximum absolute atomic E-state index is 10.4. The van der Waals surface area contributed by atoms with E-state index in [-0.39, 0.29) is 11.8 Å². The summed E-state index contributed by atoms with van der Waals surface area (Å²) in [5, 5.41) is 0. The van der Waals surface area contributed by atoms with Crippen LogP contribution in [0.2, 0.25) is 0 Å². The van der Waals surface area contributed by atoms with Crippen molar-refractivity contribution in [1.29, 1.82) is 0 Å². The van der Waals surface area contributed by atoms with E-state index in [4.69, 9.17) is 4.55 Å². The Labute approximate surface area is 73.3 Å². The molecule has 12 heavy (non-hydrogen) atoms. The Bertz CT molecular complexity index is 237. The highest BCUT2D eigenvalue weighted by atomic mass is 32.2. The highest BCUT2D eigenvalue weighted by Crippen LogP contribution is 2.19. The predicted molar refractivity (Wildman–Crippen MR) is 46.7 cm³/mol. The second-order valence-corrected chi connectivity index (χ2v) is 4.75. The first-order valence-corrected chi connectivity index (χ1v) is 5.83. The van der Waals surface area contributed by atoms with Gasteiger partial charge in [0.2, 0.25) is 0 Å². The van der Waals surface area contributed by atoms with Crippen molar-refractivity contribution in [2.45, 2.75) is 25.8 Å². The Hall–Kier alpha value is -0.130. The highest BCUT2D eigenvalue weighted by molar-refractivity contribution is 7.85. The highest BCUT2D eigenvalue weighted by Gasteiger charge is 2.36. The zero-order valence-corrected chi connectivity index (χ0v) is 8.05. The minimum atomic E-state index is -3.76. The van der Waals surface area contributed by atoms with E-state index in [9.17, 15) is 8.42 Å². The summed E-state index contributed by atoms with van der Waals surface area (Å²) in [6.45, 7) is 3.87. The van der Waals surface area contributed by atoms with Gasteiger partial charge in [0.05, 0.1) is 5.75 Å². The van der Waals surface area contributed by atoms with Crippen molar-refractivity contribution < 1.29 is 13.0 Å².